The second-order valence-corrected chi connectivity index (χ2v) is 7.12. The van der Waals surface area contributed by atoms with Crippen LogP contribution in [0.25, 0.3) is 5.52 Å². The zero-order valence-corrected chi connectivity index (χ0v) is 13.9. The van der Waals surface area contributed by atoms with Gasteiger partial charge in [0.25, 0.3) is 0 Å². The van der Waals surface area contributed by atoms with Gasteiger partial charge in [0.2, 0.25) is 5.91 Å². The first-order valence-corrected chi connectivity index (χ1v) is 9.27. The van der Waals surface area contributed by atoms with Crippen molar-refractivity contribution in [1.29, 1.82) is 0 Å². The molecule has 1 aliphatic heterocycles. The van der Waals surface area contributed by atoms with Gasteiger partial charge in [0.05, 0.1) is 36.2 Å². The van der Waals surface area contributed by atoms with Crippen LogP contribution in [0.4, 0.5) is 0 Å². The lowest BCUT2D eigenvalue weighted by molar-refractivity contribution is -0.146. The Labute approximate surface area is 140 Å². The van der Waals surface area contributed by atoms with Gasteiger partial charge in [-0.3, -0.25) is 9.20 Å². The minimum absolute atomic E-state index is 0.211. The van der Waals surface area contributed by atoms with Crippen molar-refractivity contribution < 1.29 is 9.53 Å². The first-order chi connectivity index (χ1) is 11.3. The molecular formula is C17H21N3O2S. The minimum atomic E-state index is 0.211. The molecule has 4 rings (SSSR count). The number of morpholine rings is 1. The number of imidazole rings is 1. The summed E-state index contributed by atoms with van der Waals surface area (Å²) in [5.41, 5.74) is 1.06. The average molecular weight is 331 g/mol. The highest BCUT2D eigenvalue weighted by Crippen LogP contribution is 2.29. The summed E-state index contributed by atoms with van der Waals surface area (Å²) in [6.07, 6.45) is 8.67. The quantitative estimate of drug-likeness (QED) is 0.811. The van der Waals surface area contributed by atoms with E-state index in [0.29, 0.717) is 12.4 Å². The van der Waals surface area contributed by atoms with Crippen LogP contribution in [0.3, 0.4) is 0 Å². The fourth-order valence-electron chi connectivity index (χ4n) is 3.64. The second kappa shape index (κ2) is 6.53. The molecule has 2 aromatic heterocycles. The van der Waals surface area contributed by atoms with E-state index in [0.717, 1.165) is 30.1 Å². The Hall–Kier alpha value is -1.53. The monoisotopic (exact) mass is 331 g/mol. The molecule has 0 spiro atoms. The van der Waals surface area contributed by atoms with Gasteiger partial charge in [-0.25, -0.2) is 4.98 Å². The van der Waals surface area contributed by atoms with Gasteiger partial charge in [-0.05, 0) is 25.0 Å². The van der Waals surface area contributed by atoms with E-state index in [1.54, 1.807) is 0 Å². The van der Waals surface area contributed by atoms with E-state index in [1.165, 1.54) is 24.6 Å². The molecule has 23 heavy (non-hydrogen) atoms. The number of nitrogens with zero attached hydrogens (tertiary/aromatic N) is 3. The van der Waals surface area contributed by atoms with E-state index in [1.807, 2.05) is 35.0 Å². The Kier molecular flexibility index (Phi) is 4.27. The Morgan fingerprint density at radius 1 is 1.35 bits per heavy atom. The first-order valence-electron chi connectivity index (χ1n) is 8.29. The van der Waals surface area contributed by atoms with E-state index in [4.69, 9.17) is 4.74 Å². The molecular weight excluding hydrogens is 310 g/mol. The zero-order valence-electron chi connectivity index (χ0n) is 13.1. The summed E-state index contributed by atoms with van der Waals surface area (Å²) in [4.78, 5) is 19.2. The van der Waals surface area contributed by atoms with Gasteiger partial charge in [0, 0.05) is 12.7 Å². The fraction of sp³-hybridized carbons (Fsp3) is 0.529. The number of rotatable bonds is 3. The summed E-state index contributed by atoms with van der Waals surface area (Å²) in [6.45, 7) is 1.40. The smallest absolute Gasteiger partial charge is 0.233 e. The SMILES string of the molecule is O=C(CSc1ncc2ccccn12)N1CCOC2CCCCC21. The van der Waals surface area contributed by atoms with Gasteiger partial charge in [-0.1, -0.05) is 30.7 Å². The largest absolute Gasteiger partial charge is 0.374 e. The van der Waals surface area contributed by atoms with Gasteiger partial charge in [-0.2, -0.15) is 0 Å². The molecule has 2 aromatic rings. The Morgan fingerprint density at radius 2 is 2.26 bits per heavy atom. The first kappa shape index (κ1) is 15.0. The number of pyridine rings is 1. The molecule has 2 aliphatic rings. The average Bonchev–Trinajstić information content (AvgIpc) is 3.02. The third kappa shape index (κ3) is 2.97. The number of ether oxygens (including phenoxy) is 1. The Morgan fingerprint density at radius 3 is 3.22 bits per heavy atom. The lowest BCUT2D eigenvalue weighted by atomic mass is 9.90. The van der Waals surface area contributed by atoms with Gasteiger partial charge in [-0.15, -0.1) is 0 Å². The molecule has 0 N–H and O–H groups in total. The molecule has 2 fully saturated rings. The van der Waals surface area contributed by atoms with Crippen molar-refractivity contribution in [2.75, 3.05) is 18.9 Å². The molecule has 1 amide bonds. The fourth-order valence-corrected chi connectivity index (χ4v) is 4.49. The van der Waals surface area contributed by atoms with Crippen molar-refractivity contribution in [2.45, 2.75) is 43.0 Å². The van der Waals surface area contributed by atoms with E-state index in [2.05, 4.69) is 9.88 Å². The van der Waals surface area contributed by atoms with Crippen molar-refractivity contribution in [2.24, 2.45) is 0 Å². The predicted molar refractivity (Wildman–Crippen MR) is 89.6 cm³/mol. The summed E-state index contributed by atoms with van der Waals surface area (Å²) in [5.74, 6) is 0.653. The molecule has 1 saturated carbocycles. The van der Waals surface area contributed by atoms with Crippen LogP contribution < -0.4 is 0 Å². The van der Waals surface area contributed by atoms with Crippen molar-refractivity contribution >= 4 is 23.2 Å². The van der Waals surface area contributed by atoms with Crippen molar-refractivity contribution in [3.8, 4) is 0 Å². The summed E-state index contributed by atoms with van der Waals surface area (Å²) in [5, 5.41) is 0.877. The van der Waals surface area contributed by atoms with Crippen molar-refractivity contribution in [3.63, 3.8) is 0 Å². The maximum Gasteiger partial charge on any atom is 0.233 e. The van der Waals surface area contributed by atoms with E-state index >= 15 is 0 Å². The molecule has 0 radical (unpaired) electrons. The van der Waals surface area contributed by atoms with Gasteiger partial charge in [0.15, 0.2) is 5.16 Å². The standard InChI is InChI=1S/C17H21N3O2S/c21-16(20-9-10-22-15-7-2-1-6-14(15)20)12-23-17-18-11-13-5-3-4-8-19(13)17/h3-5,8,11,14-15H,1-2,6-7,9-10,12H2. The van der Waals surface area contributed by atoms with Gasteiger partial charge < -0.3 is 9.64 Å². The third-order valence-electron chi connectivity index (χ3n) is 4.78. The van der Waals surface area contributed by atoms with Crippen molar-refractivity contribution in [3.05, 3.63) is 30.6 Å². The molecule has 1 saturated heterocycles. The third-order valence-corrected chi connectivity index (χ3v) is 5.73. The second-order valence-electron chi connectivity index (χ2n) is 6.17. The highest BCUT2D eigenvalue weighted by molar-refractivity contribution is 7.99. The molecule has 122 valence electrons. The number of aromatic nitrogens is 2. The molecule has 0 aromatic carbocycles. The van der Waals surface area contributed by atoms with Crippen LogP contribution in [-0.4, -0.2) is 51.2 Å². The van der Waals surface area contributed by atoms with Crippen LogP contribution in [-0.2, 0) is 9.53 Å². The topological polar surface area (TPSA) is 46.8 Å². The van der Waals surface area contributed by atoms with Gasteiger partial charge in [0.1, 0.15) is 0 Å². The number of carbonyl (C=O) groups is 1. The molecule has 5 nitrogen and oxygen atoms in total. The Bertz CT molecular complexity index is 700. The number of amides is 1. The Balaban J connectivity index is 1.43. The van der Waals surface area contributed by atoms with E-state index < -0.39 is 0 Å². The highest BCUT2D eigenvalue weighted by atomic mass is 32.2. The van der Waals surface area contributed by atoms with Crippen molar-refractivity contribution in [1.82, 2.24) is 14.3 Å². The normalized spacial score (nSPS) is 24.6. The van der Waals surface area contributed by atoms with Crippen LogP contribution >= 0.6 is 11.8 Å². The number of fused-ring (bicyclic) bond motifs is 2. The molecule has 2 unspecified atom stereocenters. The van der Waals surface area contributed by atoms with Gasteiger partial charge >= 0.3 is 0 Å². The van der Waals surface area contributed by atoms with Crippen LogP contribution in [0, 0.1) is 0 Å². The summed E-state index contributed by atoms with van der Waals surface area (Å²) >= 11 is 1.52. The van der Waals surface area contributed by atoms with Crippen LogP contribution in [0.1, 0.15) is 25.7 Å². The molecule has 2 atom stereocenters. The summed E-state index contributed by atoms with van der Waals surface area (Å²) in [7, 11) is 0. The molecule has 1 aliphatic carbocycles. The minimum Gasteiger partial charge on any atom is -0.374 e. The van der Waals surface area contributed by atoms with E-state index in [-0.39, 0.29) is 18.1 Å². The maximum atomic E-state index is 12.7. The molecule has 0 bridgehead atoms. The lowest BCUT2D eigenvalue weighted by Gasteiger charge is -2.43. The molecule has 6 heteroatoms. The highest BCUT2D eigenvalue weighted by Gasteiger charge is 2.36. The van der Waals surface area contributed by atoms with Crippen LogP contribution in [0.2, 0.25) is 0 Å². The number of thioether (sulfide) groups is 1. The predicted octanol–water partition coefficient (Wildman–Crippen LogP) is 2.60. The van der Waals surface area contributed by atoms with Crippen LogP contribution in [0.5, 0.6) is 0 Å². The molecule has 3 heterocycles. The number of carbonyl (C=O) groups excluding carboxylic acids is 1. The number of hydrogen-bond acceptors (Lipinski definition) is 4. The van der Waals surface area contributed by atoms with Crippen LogP contribution in [0.15, 0.2) is 35.7 Å². The zero-order chi connectivity index (χ0) is 15.6. The lowest BCUT2D eigenvalue weighted by Crippen LogP contribution is -2.55. The summed E-state index contributed by atoms with van der Waals surface area (Å²) in [6, 6.07) is 6.28. The maximum absolute atomic E-state index is 12.7. The number of hydrogen-bond donors (Lipinski definition) is 0. The summed E-state index contributed by atoms with van der Waals surface area (Å²) < 4.78 is 7.88. The van der Waals surface area contributed by atoms with E-state index in [9.17, 15) is 4.79 Å².